The number of aliphatic hydroxyl groups excluding tert-OH is 2. The first-order valence-corrected chi connectivity index (χ1v) is 14.7. The van der Waals surface area contributed by atoms with Crippen LogP contribution in [0.4, 0.5) is 10.1 Å². The molecule has 0 saturated carbocycles. The Morgan fingerprint density at radius 3 is 1.78 bits per heavy atom. The van der Waals surface area contributed by atoms with E-state index in [-0.39, 0.29) is 38.3 Å². The highest BCUT2D eigenvalue weighted by Gasteiger charge is 2.54. The van der Waals surface area contributed by atoms with Gasteiger partial charge in [-0.3, -0.25) is 4.79 Å². The maximum Gasteiger partial charge on any atom is 0.244 e. The van der Waals surface area contributed by atoms with Crippen molar-refractivity contribution in [3.05, 3.63) is 90.3 Å². The fourth-order valence-electron chi connectivity index (χ4n) is 5.78. The molecule has 1 amide bonds. The molecule has 0 saturated heterocycles. The molecule has 0 bridgehead atoms. The molecule has 0 aliphatic carbocycles. The molecule has 3 aliphatic heterocycles. The predicted molar refractivity (Wildman–Crippen MR) is 162 cm³/mol. The highest BCUT2D eigenvalue weighted by atomic mass is 19.1. The number of halogens is 1. The highest BCUT2D eigenvalue weighted by molar-refractivity contribution is 6.12. The van der Waals surface area contributed by atoms with Crippen LogP contribution in [0.15, 0.2) is 67.8 Å². The van der Waals surface area contributed by atoms with Gasteiger partial charge in [-0.1, -0.05) is 12.2 Å². The van der Waals surface area contributed by atoms with Gasteiger partial charge in [-0.2, -0.15) is 0 Å². The Labute approximate surface area is 259 Å². The lowest BCUT2D eigenvalue weighted by molar-refractivity contribution is -0.118. The summed E-state index contributed by atoms with van der Waals surface area (Å²) in [6.07, 6.45) is 3.72. The molecule has 3 aliphatic rings. The van der Waals surface area contributed by atoms with E-state index in [9.17, 15) is 15.0 Å². The smallest absolute Gasteiger partial charge is 0.244 e. The van der Waals surface area contributed by atoms with E-state index in [1.807, 2.05) is 0 Å². The van der Waals surface area contributed by atoms with Crippen molar-refractivity contribution in [2.45, 2.75) is 43.3 Å². The van der Waals surface area contributed by atoms with Crippen LogP contribution in [0, 0.1) is 5.82 Å². The molecule has 0 spiro atoms. The normalized spacial score (nSPS) is 16.5. The number of carbonyl (C=O) groups excluding carboxylic acids is 1. The summed E-state index contributed by atoms with van der Waals surface area (Å²) in [4.78, 5) is 14.5. The average molecular weight is 620 g/mol. The fourth-order valence-corrected chi connectivity index (χ4v) is 5.78. The number of hydrogen-bond donors (Lipinski definition) is 3. The van der Waals surface area contributed by atoms with E-state index >= 15 is 4.39 Å². The Hall–Kier alpha value is -4.74. The maximum absolute atomic E-state index is 15.1. The first-order chi connectivity index (χ1) is 21.8. The molecular weight excluding hydrogens is 585 g/mol. The van der Waals surface area contributed by atoms with Crippen LogP contribution in [0.3, 0.4) is 0 Å². The molecule has 0 radical (unpaired) electrons. The summed E-state index contributed by atoms with van der Waals surface area (Å²) < 4.78 is 50.2. The Kier molecular flexibility index (Phi) is 8.55. The number of carbonyl (C=O) groups is 1. The van der Waals surface area contributed by atoms with Gasteiger partial charge in [0.1, 0.15) is 35.9 Å². The third kappa shape index (κ3) is 5.65. The lowest BCUT2D eigenvalue weighted by atomic mass is 9.69. The Morgan fingerprint density at radius 2 is 1.29 bits per heavy atom. The van der Waals surface area contributed by atoms with Crippen LogP contribution in [0.1, 0.15) is 42.4 Å². The summed E-state index contributed by atoms with van der Waals surface area (Å²) in [6.45, 7) is 7.10. The summed E-state index contributed by atoms with van der Waals surface area (Å²) >= 11 is 0. The lowest BCUT2D eigenvalue weighted by Crippen LogP contribution is -2.38. The van der Waals surface area contributed by atoms with Crippen molar-refractivity contribution in [2.75, 3.05) is 32.1 Å². The minimum atomic E-state index is -1.78. The summed E-state index contributed by atoms with van der Waals surface area (Å²) in [6, 6.07) is 10.5. The molecule has 10 nitrogen and oxygen atoms in total. The van der Waals surface area contributed by atoms with Gasteiger partial charge in [0.2, 0.25) is 19.5 Å². The zero-order valence-corrected chi connectivity index (χ0v) is 24.6. The van der Waals surface area contributed by atoms with Crippen LogP contribution < -0.4 is 33.7 Å². The van der Waals surface area contributed by atoms with Gasteiger partial charge in [-0.15, -0.1) is 13.2 Å². The van der Waals surface area contributed by atoms with Crippen LogP contribution in [0.5, 0.6) is 34.5 Å². The van der Waals surface area contributed by atoms with E-state index in [1.54, 1.807) is 36.4 Å². The fraction of sp³-hybridized carbons (Fsp3) is 0.324. The summed E-state index contributed by atoms with van der Waals surface area (Å²) in [5.74, 6) is 0.798. The first kappa shape index (κ1) is 30.3. The van der Waals surface area contributed by atoms with E-state index < -0.39 is 29.3 Å². The van der Waals surface area contributed by atoms with E-state index in [0.29, 0.717) is 71.1 Å². The standard InChI is InChI=1S/C34H34FNO9/c1-3-5-7-21(37)16-40-27-14-31-29(42-18-44-31)12-24(27)34(23-11-20(35)9-10-26(23)36-33(34)39)25-13-30-32(45-19-43-30)15-28(25)41-17-22(38)8-6-4-2/h3-4,9-15,21-22,37-38H,1-2,5-8,16-19H2,(H,36,39)/t21-,22-/m1/s1. The van der Waals surface area contributed by atoms with Gasteiger partial charge >= 0.3 is 0 Å². The van der Waals surface area contributed by atoms with Crippen molar-refractivity contribution in [3.63, 3.8) is 0 Å². The van der Waals surface area contributed by atoms with Gasteiger partial charge in [0.25, 0.3) is 0 Å². The molecule has 2 atom stereocenters. The maximum atomic E-state index is 15.1. The van der Waals surface area contributed by atoms with Gasteiger partial charge in [0, 0.05) is 34.5 Å². The number of amides is 1. The quantitative estimate of drug-likeness (QED) is 0.214. The highest BCUT2D eigenvalue weighted by Crippen LogP contribution is 2.57. The molecule has 3 aromatic carbocycles. The van der Waals surface area contributed by atoms with Gasteiger partial charge < -0.3 is 44.0 Å². The second-order valence-corrected chi connectivity index (χ2v) is 11.0. The van der Waals surface area contributed by atoms with E-state index in [1.165, 1.54) is 18.2 Å². The monoisotopic (exact) mass is 619 g/mol. The Morgan fingerprint density at radius 1 is 0.800 bits per heavy atom. The third-order valence-corrected chi connectivity index (χ3v) is 8.00. The predicted octanol–water partition coefficient (Wildman–Crippen LogP) is 4.98. The summed E-state index contributed by atoms with van der Waals surface area (Å²) in [7, 11) is 0. The lowest BCUT2D eigenvalue weighted by Gasteiger charge is -2.32. The number of benzene rings is 3. The van der Waals surface area contributed by atoms with Crippen LogP contribution in [0.25, 0.3) is 0 Å². The number of allylic oxidation sites excluding steroid dienone is 2. The van der Waals surface area contributed by atoms with Gasteiger partial charge in [-0.05, 0) is 56.0 Å². The number of fused-ring (bicyclic) bond motifs is 3. The van der Waals surface area contributed by atoms with Crippen LogP contribution in [-0.4, -0.2) is 55.1 Å². The number of ether oxygens (including phenoxy) is 6. The second-order valence-electron chi connectivity index (χ2n) is 11.0. The van der Waals surface area contributed by atoms with Crippen molar-refractivity contribution < 1.29 is 47.8 Å². The number of nitrogens with one attached hydrogen (secondary N) is 1. The Balaban J connectivity index is 1.57. The van der Waals surface area contributed by atoms with E-state index in [4.69, 9.17) is 28.4 Å². The molecule has 3 aromatic rings. The minimum absolute atomic E-state index is 0.0500. The van der Waals surface area contributed by atoms with E-state index in [2.05, 4.69) is 18.5 Å². The summed E-state index contributed by atoms with van der Waals surface area (Å²) in [5, 5.41) is 24.1. The molecule has 0 unspecified atom stereocenters. The van der Waals surface area contributed by atoms with E-state index in [0.717, 1.165) is 0 Å². The molecular formula is C34H34FNO9. The molecule has 3 N–H and O–H groups in total. The molecule has 6 rings (SSSR count). The molecule has 3 heterocycles. The van der Waals surface area contributed by atoms with Crippen LogP contribution in [0.2, 0.25) is 0 Å². The largest absolute Gasteiger partial charge is 0.490 e. The van der Waals surface area contributed by atoms with Crippen molar-refractivity contribution in [2.24, 2.45) is 0 Å². The van der Waals surface area contributed by atoms with Crippen LogP contribution >= 0.6 is 0 Å². The van der Waals surface area contributed by atoms with Crippen molar-refractivity contribution in [1.29, 1.82) is 0 Å². The van der Waals surface area contributed by atoms with Crippen LogP contribution in [-0.2, 0) is 10.2 Å². The average Bonchev–Trinajstić information content (AvgIpc) is 3.76. The number of anilines is 1. The molecule has 11 heteroatoms. The van der Waals surface area contributed by atoms with Gasteiger partial charge in [0.15, 0.2) is 23.0 Å². The van der Waals surface area contributed by atoms with Crippen molar-refractivity contribution in [3.8, 4) is 34.5 Å². The molecule has 236 valence electrons. The van der Waals surface area contributed by atoms with Crippen molar-refractivity contribution in [1.82, 2.24) is 0 Å². The molecule has 45 heavy (non-hydrogen) atoms. The first-order valence-electron chi connectivity index (χ1n) is 14.7. The minimum Gasteiger partial charge on any atom is -0.490 e. The number of hydrogen-bond acceptors (Lipinski definition) is 9. The number of aliphatic hydroxyl groups is 2. The molecule has 0 fully saturated rings. The molecule has 0 aromatic heterocycles. The Bertz CT molecular complexity index is 1540. The topological polar surface area (TPSA) is 125 Å². The number of rotatable bonds is 14. The van der Waals surface area contributed by atoms with Crippen molar-refractivity contribution >= 4 is 11.6 Å². The third-order valence-electron chi connectivity index (χ3n) is 8.00. The zero-order valence-electron chi connectivity index (χ0n) is 24.6. The van der Waals surface area contributed by atoms with Gasteiger partial charge in [0.05, 0.1) is 12.2 Å². The second kappa shape index (κ2) is 12.7. The summed E-state index contributed by atoms with van der Waals surface area (Å²) in [5.41, 5.74) is -0.520. The zero-order chi connectivity index (χ0) is 31.6. The SMILES string of the molecule is C=CCC[C@@H](O)COc1cc2c(cc1C1(c3cc4c(cc3OC[C@H](O)CCC=C)OCO4)C(=O)Nc3ccc(F)cc31)OCO2. The van der Waals surface area contributed by atoms with Gasteiger partial charge in [-0.25, -0.2) is 4.39 Å².